The highest BCUT2D eigenvalue weighted by Crippen LogP contribution is 2.27. The lowest BCUT2D eigenvalue weighted by Crippen LogP contribution is -2.07. The van der Waals surface area contributed by atoms with E-state index in [-0.39, 0.29) is 5.82 Å². The van der Waals surface area contributed by atoms with Crippen LogP contribution in [0.15, 0.2) is 42.0 Å². The lowest BCUT2D eigenvalue weighted by molar-refractivity contribution is 0.0586. The molecule has 23 heavy (non-hydrogen) atoms. The van der Waals surface area contributed by atoms with E-state index < -0.39 is 5.97 Å². The van der Waals surface area contributed by atoms with Gasteiger partial charge in [-0.2, -0.15) is 0 Å². The molecule has 0 amide bonds. The first-order valence-corrected chi connectivity index (χ1v) is 7.80. The molecule has 0 saturated heterocycles. The van der Waals surface area contributed by atoms with Crippen molar-refractivity contribution in [3.63, 3.8) is 0 Å². The molecule has 2 aromatic heterocycles. The van der Waals surface area contributed by atoms with E-state index in [2.05, 4.69) is 25.0 Å². The summed E-state index contributed by atoms with van der Waals surface area (Å²) >= 11 is 7.34. The van der Waals surface area contributed by atoms with Gasteiger partial charge in [0.05, 0.1) is 30.9 Å². The van der Waals surface area contributed by atoms with Gasteiger partial charge in [0.25, 0.3) is 0 Å². The van der Waals surface area contributed by atoms with Gasteiger partial charge in [-0.15, -0.1) is 11.3 Å². The molecule has 0 spiro atoms. The Labute approximate surface area is 141 Å². The predicted molar refractivity (Wildman–Crippen MR) is 89.2 cm³/mol. The molecule has 0 aliphatic rings. The average Bonchev–Trinajstić information content (AvgIpc) is 3.04. The van der Waals surface area contributed by atoms with E-state index in [1.165, 1.54) is 30.8 Å². The van der Waals surface area contributed by atoms with E-state index in [9.17, 15) is 4.79 Å². The van der Waals surface area contributed by atoms with E-state index in [1.54, 1.807) is 0 Å². The van der Waals surface area contributed by atoms with E-state index in [0.717, 1.165) is 11.3 Å². The summed E-state index contributed by atoms with van der Waals surface area (Å²) in [5, 5.41) is 6.42. The van der Waals surface area contributed by atoms with Crippen LogP contribution in [0.25, 0.3) is 11.3 Å². The van der Waals surface area contributed by atoms with Crippen molar-refractivity contribution in [3.8, 4) is 11.3 Å². The topological polar surface area (TPSA) is 77.0 Å². The second-order valence-electron chi connectivity index (χ2n) is 4.46. The number of nitrogens with one attached hydrogen (secondary N) is 1. The minimum Gasteiger partial charge on any atom is -0.463 e. The fourth-order valence-corrected chi connectivity index (χ4v) is 2.66. The number of hydrogen-bond donors (Lipinski definition) is 1. The van der Waals surface area contributed by atoms with Gasteiger partial charge in [-0.05, 0) is 12.1 Å². The Hall–Kier alpha value is -2.51. The summed E-state index contributed by atoms with van der Waals surface area (Å²) in [5.74, 6) is -0.560. The Morgan fingerprint density at radius 1 is 1.22 bits per heavy atom. The molecule has 0 unspecified atom stereocenters. The van der Waals surface area contributed by atoms with Crippen LogP contribution in [0.4, 0.5) is 10.8 Å². The van der Waals surface area contributed by atoms with Crippen LogP contribution in [0.3, 0.4) is 0 Å². The summed E-state index contributed by atoms with van der Waals surface area (Å²) in [6.07, 6.45) is 3.01. The molecule has 0 aliphatic carbocycles. The molecule has 3 aromatic rings. The molecule has 3 rings (SSSR count). The Balaban J connectivity index is 1.74. The van der Waals surface area contributed by atoms with E-state index in [4.69, 9.17) is 11.6 Å². The molecule has 0 atom stereocenters. The molecule has 0 bridgehead atoms. The molecule has 0 aliphatic heterocycles. The molecule has 1 aromatic carbocycles. The number of carbonyl (C=O) groups excluding carboxylic acids is 1. The second kappa shape index (κ2) is 6.72. The smallest absolute Gasteiger partial charge is 0.376 e. The Morgan fingerprint density at radius 2 is 1.91 bits per heavy atom. The van der Waals surface area contributed by atoms with Gasteiger partial charge >= 0.3 is 5.97 Å². The monoisotopic (exact) mass is 346 g/mol. The van der Waals surface area contributed by atoms with E-state index in [1.807, 2.05) is 29.6 Å². The van der Waals surface area contributed by atoms with Crippen LogP contribution in [0.5, 0.6) is 0 Å². The van der Waals surface area contributed by atoms with Gasteiger partial charge in [-0.3, -0.25) is 0 Å². The van der Waals surface area contributed by atoms with Gasteiger partial charge in [0.2, 0.25) is 5.82 Å². The fraction of sp³-hybridized carbons (Fsp3) is 0.0667. The Kier molecular flexibility index (Phi) is 4.50. The van der Waals surface area contributed by atoms with Crippen molar-refractivity contribution in [2.75, 3.05) is 12.4 Å². The Bertz CT molecular complexity index is 818. The van der Waals surface area contributed by atoms with E-state index in [0.29, 0.717) is 15.8 Å². The number of methoxy groups -OCH3 is 1. The normalized spacial score (nSPS) is 10.3. The zero-order chi connectivity index (χ0) is 16.2. The highest BCUT2D eigenvalue weighted by atomic mass is 35.5. The van der Waals surface area contributed by atoms with Crippen molar-refractivity contribution >= 4 is 39.7 Å². The Morgan fingerprint density at radius 3 is 2.57 bits per heavy atom. The van der Waals surface area contributed by atoms with Crippen molar-refractivity contribution in [1.29, 1.82) is 0 Å². The number of thiazole rings is 1. The van der Waals surface area contributed by atoms with Crippen molar-refractivity contribution in [1.82, 2.24) is 15.0 Å². The van der Waals surface area contributed by atoms with Gasteiger partial charge in [0.1, 0.15) is 0 Å². The molecule has 8 heteroatoms. The van der Waals surface area contributed by atoms with Gasteiger partial charge < -0.3 is 10.1 Å². The number of esters is 1. The molecule has 116 valence electrons. The van der Waals surface area contributed by atoms with Crippen molar-refractivity contribution in [2.45, 2.75) is 0 Å². The highest BCUT2D eigenvalue weighted by Gasteiger charge is 2.09. The van der Waals surface area contributed by atoms with E-state index >= 15 is 0 Å². The third kappa shape index (κ3) is 3.64. The summed E-state index contributed by atoms with van der Waals surface area (Å²) < 4.78 is 4.55. The number of benzene rings is 1. The lowest BCUT2D eigenvalue weighted by atomic mass is 10.2. The summed E-state index contributed by atoms with van der Waals surface area (Å²) in [7, 11) is 1.28. The summed E-state index contributed by atoms with van der Waals surface area (Å²) in [5.41, 5.74) is 2.46. The molecule has 6 nitrogen and oxygen atoms in total. The van der Waals surface area contributed by atoms with Gasteiger partial charge in [0, 0.05) is 16.0 Å². The number of aromatic nitrogens is 3. The van der Waals surface area contributed by atoms with Gasteiger partial charge in [0.15, 0.2) is 5.13 Å². The van der Waals surface area contributed by atoms with Crippen LogP contribution < -0.4 is 5.32 Å². The minimum atomic E-state index is -0.573. The van der Waals surface area contributed by atoms with Crippen LogP contribution in [-0.4, -0.2) is 28.0 Å². The summed E-state index contributed by atoms with van der Waals surface area (Å²) in [6.45, 7) is 0. The first-order valence-electron chi connectivity index (χ1n) is 6.54. The van der Waals surface area contributed by atoms with Crippen molar-refractivity contribution in [3.05, 3.63) is 52.9 Å². The van der Waals surface area contributed by atoms with Gasteiger partial charge in [-0.1, -0.05) is 23.7 Å². The number of rotatable bonds is 4. The molecule has 0 radical (unpaired) electrons. The van der Waals surface area contributed by atoms with Crippen LogP contribution in [0, 0.1) is 0 Å². The van der Waals surface area contributed by atoms with Gasteiger partial charge in [-0.25, -0.2) is 19.7 Å². The van der Waals surface area contributed by atoms with Crippen LogP contribution in [0.1, 0.15) is 10.6 Å². The van der Waals surface area contributed by atoms with Crippen LogP contribution in [0.2, 0.25) is 5.02 Å². The predicted octanol–water partition coefficient (Wildman–Crippen LogP) is 3.78. The quantitative estimate of drug-likeness (QED) is 0.724. The van der Waals surface area contributed by atoms with Crippen LogP contribution >= 0.6 is 22.9 Å². The maximum atomic E-state index is 11.3. The summed E-state index contributed by atoms with van der Waals surface area (Å²) in [4.78, 5) is 23.6. The average molecular weight is 347 g/mol. The zero-order valence-electron chi connectivity index (χ0n) is 12.0. The van der Waals surface area contributed by atoms with Crippen LogP contribution in [-0.2, 0) is 4.74 Å². The molecule has 0 saturated carbocycles. The maximum absolute atomic E-state index is 11.3. The second-order valence-corrected chi connectivity index (χ2v) is 5.75. The van der Waals surface area contributed by atoms with Crippen molar-refractivity contribution in [2.24, 2.45) is 0 Å². The summed E-state index contributed by atoms with van der Waals surface area (Å²) in [6, 6.07) is 7.47. The number of nitrogens with zero attached hydrogens (tertiary/aromatic N) is 3. The lowest BCUT2D eigenvalue weighted by Gasteiger charge is -2.02. The largest absolute Gasteiger partial charge is 0.463 e. The first kappa shape index (κ1) is 15.4. The first-order chi connectivity index (χ1) is 11.2. The third-order valence-corrected chi connectivity index (χ3v) is 3.92. The number of anilines is 2. The molecular weight excluding hydrogens is 336 g/mol. The van der Waals surface area contributed by atoms with Crippen molar-refractivity contribution < 1.29 is 9.53 Å². The number of halogens is 1. The third-order valence-electron chi connectivity index (χ3n) is 2.92. The highest BCUT2D eigenvalue weighted by molar-refractivity contribution is 7.14. The SMILES string of the molecule is COC(=O)c1ncc(Nc2nc(-c3ccc(Cl)cc3)cs2)cn1. The molecular formula is C15H11ClN4O2S. The minimum absolute atomic E-state index is 0.0130. The molecule has 1 N–H and O–H groups in total. The number of hydrogen-bond acceptors (Lipinski definition) is 7. The molecule has 2 heterocycles. The number of ether oxygens (including phenoxy) is 1. The zero-order valence-corrected chi connectivity index (χ0v) is 13.6. The maximum Gasteiger partial charge on any atom is 0.376 e. The number of carbonyl (C=O) groups is 1. The standard InChI is InChI=1S/C15H11ClN4O2S/c1-22-14(21)13-17-6-11(7-18-13)19-15-20-12(8-23-15)9-2-4-10(16)5-3-9/h2-8H,1H3,(H,19,20). The fourth-order valence-electron chi connectivity index (χ4n) is 1.80. The molecule has 0 fully saturated rings.